The van der Waals surface area contributed by atoms with E-state index in [4.69, 9.17) is 0 Å². The number of hydrogen-bond acceptors (Lipinski definition) is 0. The Bertz CT molecular complexity index is 1220. The summed E-state index contributed by atoms with van der Waals surface area (Å²) in [4.78, 5) is 0. The first-order chi connectivity index (χ1) is 16.6. The van der Waals surface area contributed by atoms with Crippen LogP contribution in [0.3, 0.4) is 0 Å². The molecular formula is C32H36SiZr. The SMILES string of the molecule is C[Si](C)=[Zr+2].c1cc(C2CC2)c2cc(C3CC3)[cH-]c2c1.c1cc(C2CC2)c2cc(C3CC3)[cH-]c2c1. The molecule has 0 spiro atoms. The molecule has 0 heterocycles. The van der Waals surface area contributed by atoms with Crippen LogP contribution in [0, 0.1) is 0 Å². The van der Waals surface area contributed by atoms with Gasteiger partial charge in [-0.3, -0.25) is 0 Å². The predicted molar refractivity (Wildman–Crippen MR) is 144 cm³/mol. The molecule has 4 fully saturated rings. The van der Waals surface area contributed by atoms with Crippen LogP contribution in [0.25, 0.3) is 21.5 Å². The van der Waals surface area contributed by atoms with Crippen molar-refractivity contribution < 1.29 is 23.3 Å². The van der Waals surface area contributed by atoms with Gasteiger partial charge in [0.25, 0.3) is 0 Å². The van der Waals surface area contributed by atoms with Gasteiger partial charge in [0.05, 0.1) is 0 Å². The molecule has 8 rings (SSSR count). The number of hydrogen-bond donors (Lipinski definition) is 0. The molecule has 4 saturated carbocycles. The van der Waals surface area contributed by atoms with E-state index in [9.17, 15) is 0 Å². The summed E-state index contributed by atoms with van der Waals surface area (Å²) in [5.41, 5.74) is 6.62. The monoisotopic (exact) mass is 538 g/mol. The fourth-order valence-electron chi connectivity index (χ4n) is 5.37. The van der Waals surface area contributed by atoms with Crippen LogP contribution in [0.2, 0.25) is 13.1 Å². The van der Waals surface area contributed by atoms with Gasteiger partial charge in [-0.15, -0.1) is 69.1 Å². The molecule has 4 aromatic carbocycles. The minimum Gasteiger partial charge on any atom is -0.164 e. The molecule has 0 bridgehead atoms. The van der Waals surface area contributed by atoms with Crippen molar-refractivity contribution in [1.29, 1.82) is 0 Å². The van der Waals surface area contributed by atoms with Crippen LogP contribution in [-0.4, -0.2) is 5.43 Å². The van der Waals surface area contributed by atoms with Crippen molar-refractivity contribution >= 4 is 27.0 Å². The average molecular weight is 540 g/mol. The quantitative estimate of drug-likeness (QED) is 0.179. The molecule has 0 N–H and O–H groups in total. The first kappa shape index (κ1) is 23.2. The van der Waals surface area contributed by atoms with Crippen LogP contribution in [-0.2, 0) is 23.3 Å². The Labute approximate surface area is 220 Å². The summed E-state index contributed by atoms with van der Waals surface area (Å²) >= 11 is 1.74. The molecule has 0 nitrogen and oxygen atoms in total. The Kier molecular flexibility index (Phi) is 6.59. The topological polar surface area (TPSA) is 0 Å². The largest absolute Gasteiger partial charge is 0.164 e. The van der Waals surface area contributed by atoms with Crippen molar-refractivity contribution in [2.24, 2.45) is 0 Å². The second-order valence-corrected chi connectivity index (χ2v) is 20.7. The molecule has 0 aromatic heterocycles. The molecule has 0 atom stereocenters. The van der Waals surface area contributed by atoms with Gasteiger partial charge in [0.15, 0.2) is 0 Å². The van der Waals surface area contributed by atoms with E-state index in [0.717, 1.165) is 23.7 Å². The van der Waals surface area contributed by atoms with E-state index < -0.39 is 0 Å². The van der Waals surface area contributed by atoms with E-state index in [1.807, 2.05) is 0 Å². The minimum atomic E-state index is 0.210. The van der Waals surface area contributed by atoms with Crippen molar-refractivity contribution in [3.63, 3.8) is 0 Å². The van der Waals surface area contributed by atoms with E-state index >= 15 is 0 Å². The van der Waals surface area contributed by atoms with E-state index in [0.29, 0.717) is 0 Å². The van der Waals surface area contributed by atoms with Gasteiger partial charge in [0.1, 0.15) is 0 Å². The Morgan fingerprint density at radius 3 is 1.29 bits per heavy atom. The van der Waals surface area contributed by atoms with Gasteiger partial charge in [-0.1, -0.05) is 23.3 Å². The van der Waals surface area contributed by atoms with Crippen molar-refractivity contribution in [3.8, 4) is 0 Å². The number of benzene rings is 2. The molecule has 4 aliphatic rings. The van der Waals surface area contributed by atoms with Gasteiger partial charge < -0.3 is 0 Å². The maximum atomic E-state index is 2.46. The molecule has 4 aromatic rings. The minimum absolute atomic E-state index is 0.210. The zero-order valence-corrected chi connectivity index (χ0v) is 24.2. The first-order valence-corrected chi connectivity index (χ1v) is 19.7. The molecule has 0 aliphatic heterocycles. The van der Waals surface area contributed by atoms with Crippen LogP contribution in [0.15, 0.2) is 60.7 Å². The van der Waals surface area contributed by atoms with Crippen molar-refractivity contribution in [2.45, 2.75) is 88.1 Å². The second kappa shape index (κ2) is 9.67. The van der Waals surface area contributed by atoms with E-state index in [-0.39, 0.29) is 5.43 Å². The van der Waals surface area contributed by atoms with Gasteiger partial charge in [-0.2, -0.15) is 12.1 Å². The molecule has 2 heteroatoms. The van der Waals surface area contributed by atoms with E-state index in [1.54, 1.807) is 56.4 Å². The second-order valence-electron chi connectivity index (χ2n) is 11.4. The molecule has 34 heavy (non-hydrogen) atoms. The Hall–Kier alpha value is -1.24. The summed E-state index contributed by atoms with van der Waals surface area (Å²) in [6.45, 7) is 4.62. The summed E-state index contributed by atoms with van der Waals surface area (Å²) in [5.74, 6) is 3.54. The molecular weight excluding hydrogens is 504 g/mol. The summed E-state index contributed by atoms with van der Waals surface area (Å²) in [6.07, 6.45) is 11.3. The fourth-order valence-corrected chi connectivity index (χ4v) is 5.37. The van der Waals surface area contributed by atoms with Gasteiger partial charge in [0.2, 0.25) is 0 Å². The maximum absolute atomic E-state index is 2.46. The molecule has 0 amide bonds. The van der Waals surface area contributed by atoms with Crippen LogP contribution in [0.5, 0.6) is 0 Å². The smallest absolute Gasteiger partial charge is 0.0251 e. The average Bonchev–Trinajstić information content (AvgIpc) is 3.66. The number of rotatable bonds is 4. The van der Waals surface area contributed by atoms with Crippen LogP contribution < -0.4 is 0 Å². The van der Waals surface area contributed by atoms with Gasteiger partial charge in [-0.05, 0) is 75.0 Å². The third kappa shape index (κ3) is 5.44. The first-order valence-electron chi connectivity index (χ1n) is 13.5. The zero-order valence-electron chi connectivity index (χ0n) is 20.7. The third-order valence-corrected chi connectivity index (χ3v) is 7.75. The van der Waals surface area contributed by atoms with E-state index in [2.05, 4.69) is 73.8 Å². The summed E-state index contributed by atoms with van der Waals surface area (Å²) < 4.78 is 0. The Morgan fingerprint density at radius 2 is 0.971 bits per heavy atom. The van der Waals surface area contributed by atoms with Gasteiger partial charge >= 0.3 is 41.9 Å². The molecule has 172 valence electrons. The van der Waals surface area contributed by atoms with Crippen LogP contribution >= 0.6 is 0 Å². The van der Waals surface area contributed by atoms with Crippen LogP contribution in [0.4, 0.5) is 0 Å². The zero-order chi connectivity index (χ0) is 23.2. The molecule has 0 saturated heterocycles. The van der Waals surface area contributed by atoms with Crippen molar-refractivity contribution in [3.05, 3.63) is 82.9 Å². The maximum Gasteiger partial charge on any atom is -0.0251 e. The summed E-state index contributed by atoms with van der Waals surface area (Å²) in [7, 11) is 0. The Balaban J connectivity index is 0.000000111. The molecule has 4 aliphatic carbocycles. The van der Waals surface area contributed by atoms with Gasteiger partial charge in [-0.25, -0.2) is 0 Å². The Morgan fingerprint density at radius 1 is 0.618 bits per heavy atom. The van der Waals surface area contributed by atoms with E-state index in [1.165, 1.54) is 62.1 Å². The van der Waals surface area contributed by atoms with Crippen molar-refractivity contribution in [2.75, 3.05) is 0 Å². The van der Waals surface area contributed by atoms with Gasteiger partial charge in [0, 0.05) is 0 Å². The summed E-state index contributed by atoms with van der Waals surface area (Å²) in [5, 5.41) is 6.03. The molecule has 0 unspecified atom stereocenters. The van der Waals surface area contributed by atoms with Crippen LogP contribution in [0.1, 0.15) is 97.3 Å². The number of fused-ring (bicyclic) bond motifs is 2. The van der Waals surface area contributed by atoms with Crippen molar-refractivity contribution in [1.82, 2.24) is 0 Å². The summed E-state index contributed by atoms with van der Waals surface area (Å²) in [6, 6.07) is 23.4. The standard InChI is InChI=1S/2C15H15.C2H6Si.Zr/c2*1-2-12-8-13(10-4-5-10)9-15(12)14(3-1)11-6-7-11;1-3-2;/h2*1-3,8-11H,4-7H2;1-2H3;/q2*-1;;+2. The fraction of sp³-hybridized carbons (Fsp3) is 0.438. The normalized spacial score (nSPS) is 19.4. The molecule has 0 radical (unpaired) electrons. The third-order valence-electron chi connectivity index (χ3n) is 7.75. The predicted octanol–water partition coefficient (Wildman–Crippen LogP) is 9.41.